The summed E-state index contributed by atoms with van der Waals surface area (Å²) in [5, 5.41) is 5.50. The largest absolute Gasteiger partial charge is 0.337 e. The molecule has 102 valence electrons. The quantitative estimate of drug-likeness (QED) is 0.943. The summed E-state index contributed by atoms with van der Waals surface area (Å²) in [5.41, 5.74) is 1.22. The molecule has 1 N–H and O–H groups in total. The number of rotatable bonds is 3. The number of aryl methyl sites for hydroxylation is 1. The average molecular weight is 297 g/mol. The van der Waals surface area contributed by atoms with Crippen molar-refractivity contribution in [1.82, 2.24) is 19.8 Å². The molecule has 0 radical (unpaired) electrons. The summed E-state index contributed by atoms with van der Waals surface area (Å²) in [7, 11) is 2.05. The van der Waals surface area contributed by atoms with Gasteiger partial charge in [-0.25, -0.2) is 4.98 Å². The molecule has 3 rings (SSSR count). The van der Waals surface area contributed by atoms with Crippen molar-refractivity contribution >= 4 is 22.9 Å². The summed E-state index contributed by atoms with van der Waals surface area (Å²) in [6, 6.07) is 2.43. The van der Waals surface area contributed by atoms with Gasteiger partial charge < -0.3 is 9.88 Å². The van der Waals surface area contributed by atoms with Crippen LogP contribution >= 0.6 is 22.9 Å². The minimum Gasteiger partial charge on any atom is -0.337 e. The molecule has 19 heavy (non-hydrogen) atoms. The predicted molar refractivity (Wildman–Crippen MR) is 78.6 cm³/mol. The van der Waals surface area contributed by atoms with Crippen LogP contribution in [0.2, 0.25) is 4.34 Å². The highest BCUT2D eigenvalue weighted by atomic mass is 35.5. The van der Waals surface area contributed by atoms with Crippen LogP contribution in [-0.4, -0.2) is 34.1 Å². The molecule has 1 aliphatic rings. The second kappa shape index (κ2) is 5.63. The van der Waals surface area contributed by atoms with E-state index in [-0.39, 0.29) is 0 Å². The zero-order valence-electron chi connectivity index (χ0n) is 10.8. The maximum atomic E-state index is 6.22. The minimum absolute atomic E-state index is 0.310. The molecule has 2 aromatic heterocycles. The van der Waals surface area contributed by atoms with Crippen molar-refractivity contribution in [1.29, 1.82) is 0 Å². The number of hydrogen-bond donors (Lipinski definition) is 1. The van der Waals surface area contributed by atoms with Crippen molar-refractivity contribution in [2.45, 2.75) is 12.6 Å². The van der Waals surface area contributed by atoms with Crippen molar-refractivity contribution in [3.05, 3.63) is 39.6 Å². The maximum Gasteiger partial charge on any atom is 0.127 e. The normalized spacial score (nSPS) is 20.8. The van der Waals surface area contributed by atoms with Crippen LogP contribution in [0, 0.1) is 0 Å². The second-order valence-corrected chi connectivity index (χ2v) is 6.32. The average Bonchev–Trinajstić information content (AvgIpc) is 3.00. The zero-order valence-corrected chi connectivity index (χ0v) is 12.4. The standard InChI is InChI=1S/C13H17ClN4S/c1-17-5-4-16-13(17)11-8-15-3-6-18(11)9-10-2-7-19-12(10)14/h2,4-5,7,11,15H,3,6,8-9H2,1H3. The molecule has 1 unspecified atom stereocenters. The van der Waals surface area contributed by atoms with Gasteiger partial charge in [-0.3, -0.25) is 4.90 Å². The number of nitrogens with one attached hydrogen (secondary N) is 1. The lowest BCUT2D eigenvalue weighted by Crippen LogP contribution is -2.46. The first-order valence-corrected chi connectivity index (χ1v) is 7.65. The first-order valence-electron chi connectivity index (χ1n) is 6.39. The van der Waals surface area contributed by atoms with Crippen molar-refractivity contribution in [3.8, 4) is 0 Å². The van der Waals surface area contributed by atoms with Crippen LogP contribution in [0.5, 0.6) is 0 Å². The molecule has 1 saturated heterocycles. The number of hydrogen-bond acceptors (Lipinski definition) is 4. The van der Waals surface area contributed by atoms with Crippen LogP contribution < -0.4 is 5.32 Å². The molecule has 0 bridgehead atoms. The monoisotopic (exact) mass is 296 g/mol. The Bertz CT molecular complexity index is 550. The molecular formula is C13H17ClN4S. The van der Waals surface area contributed by atoms with Gasteiger partial charge in [0, 0.05) is 45.6 Å². The van der Waals surface area contributed by atoms with Crippen LogP contribution in [0.4, 0.5) is 0 Å². The Morgan fingerprint density at radius 3 is 3.16 bits per heavy atom. The lowest BCUT2D eigenvalue weighted by atomic mass is 10.1. The van der Waals surface area contributed by atoms with Crippen LogP contribution in [-0.2, 0) is 13.6 Å². The first kappa shape index (κ1) is 13.1. The van der Waals surface area contributed by atoms with E-state index in [1.807, 2.05) is 19.4 Å². The fourth-order valence-corrected chi connectivity index (χ4v) is 3.45. The molecule has 0 aromatic carbocycles. The highest BCUT2D eigenvalue weighted by Crippen LogP contribution is 2.28. The number of nitrogens with zero attached hydrogens (tertiary/aromatic N) is 3. The van der Waals surface area contributed by atoms with E-state index in [4.69, 9.17) is 11.6 Å². The molecule has 1 fully saturated rings. The van der Waals surface area contributed by atoms with E-state index >= 15 is 0 Å². The van der Waals surface area contributed by atoms with E-state index in [9.17, 15) is 0 Å². The van der Waals surface area contributed by atoms with Gasteiger partial charge in [0.05, 0.1) is 10.4 Å². The van der Waals surface area contributed by atoms with Gasteiger partial charge in [-0.2, -0.15) is 0 Å². The summed E-state index contributed by atoms with van der Waals surface area (Å²) in [4.78, 5) is 6.94. The second-order valence-electron chi connectivity index (χ2n) is 4.81. The van der Waals surface area contributed by atoms with Gasteiger partial charge in [0.2, 0.25) is 0 Å². The van der Waals surface area contributed by atoms with Crippen LogP contribution in [0.15, 0.2) is 23.8 Å². The predicted octanol–water partition coefficient (Wildman–Crippen LogP) is 2.28. The van der Waals surface area contributed by atoms with E-state index < -0.39 is 0 Å². The Morgan fingerprint density at radius 1 is 1.58 bits per heavy atom. The van der Waals surface area contributed by atoms with Gasteiger partial charge in [-0.1, -0.05) is 11.6 Å². The molecule has 0 saturated carbocycles. The van der Waals surface area contributed by atoms with Crippen molar-refractivity contribution < 1.29 is 0 Å². The Hall–Kier alpha value is -0.880. The molecular weight excluding hydrogens is 280 g/mol. The van der Waals surface area contributed by atoms with Gasteiger partial charge in [0.25, 0.3) is 0 Å². The van der Waals surface area contributed by atoms with E-state index in [2.05, 4.69) is 31.2 Å². The summed E-state index contributed by atoms with van der Waals surface area (Å²) in [6.07, 6.45) is 3.86. The summed E-state index contributed by atoms with van der Waals surface area (Å²) in [5.74, 6) is 1.11. The zero-order chi connectivity index (χ0) is 13.2. The lowest BCUT2D eigenvalue weighted by Gasteiger charge is -2.35. The number of aromatic nitrogens is 2. The van der Waals surface area contributed by atoms with Crippen LogP contribution in [0.3, 0.4) is 0 Å². The molecule has 1 aliphatic heterocycles. The van der Waals surface area contributed by atoms with Crippen molar-refractivity contribution in [2.24, 2.45) is 7.05 Å². The van der Waals surface area contributed by atoms with Gasteiger partial charge >= 0.3 is 0 Å². The topological polar surface area (TPSA) is 33.1 Å². The molecule has 4 nitrogen and oxygen atoms in total. The Balaban J connectivity index is 1.82. The first-order chi connectivity index (χ1) is 9.25. The highest BCUT2D eigenvalue weighted by molar-refractivity contribution is 7.14. The minimum atomic E-state index is 0.310. The summed E-state index contributed by atoms with van der Waals surface area (Å²) >= 11 is 7.82. The molecule has 0 aliphatic carbocycles. The Morgan fingerprint density at radius 2 is 2.47 bits per heavy atom. The summed E-state index contributed by atoms with van der Waals surface area (Å²) in [6.45, 7) is 3.86. The van der Waals surface area contributed by atoms with Gasteiger partial charge in [-0.05, 0) is 17.0 Å². The summed E-state index contributed by atoms with van der Waals surface area (Å²) < 4.78 is 3.00. The molecule has 0 spiro atoms. The fraction of sp³-hybridized carbons (Fsp3) is 0.462. The third kappa shape index (κ3) is 2.69. The Labute approximate surface area is 122 Å². The van der Waals surface area contributed by atoms with Gasteiger partial charge in [-0.15, -0.1) is 11.3 Å². The number of imidazole rings is 1. The maximum absolute atomic E-state index is 6.22. The van der Waals surface area contributed by atoms with Crippen LogP contribution in [0.1, 0.15) is 17.4 Å². The smallest absolute Gasteiger partial charge is 0.127 e. The highest BCUT2D eigenvalue weighted by Gasteiger charge is 2.27. The molecule has 6 heteroatoms. The lowest BCUT2D eigenvalue weighted by molar-refractivity contribution is 0.145. The number of piperazine rings is 1. The molecule has 0 amide bonds. The van der Waals surface area contributed by atoms with Gasteiger partial charge in [0.1, 0.15) is 5.82 Å². The SMILES string of the molecule is Cn1ccnc1C1CNCCN1Cc1ccsc1Cl. The molecule has 1 atom stereocenters. The fourth-order valence-electron chi connectivity index (χ4n) is 2.54. The third-order valence-electron chi connectivity index (χ3n) is 3.58. The molecule has 3 heterocycles. The van der Waals surface area contributed by atoms with E-state index in [0.717, 1.165) is 36.3 Å². The van der Waals surface area contributed by atoms with Crippen molar-refractivity contribution in [3.63, 3.8) is 0 Å². The van der Waals surface area contributed by atoms with Crippen molar-refractivity contribution in [2.75, 3.05) is 19.6 Å². The number of halogens is 1. The van der Waals surface area contributed by atoms with E-state index in [1.165, 1.54) is 5.56 Å². The van der Waals surface area contributed by atoms with E-state index in [1.54, 1.807) is 11.3 Å². The number of thiophene rings is 1. The van der Waals surface area contributed by atoms with E-state index in [0.29, 0.717) is 6.04 Å². The van der Waals surface area contributed by atoms with Gasteiger partial charge in [0.15, 0.2) is 0 Å². The van der Waals surface area contributed by atoms with Crippen LogP contribution in [0.25, 0.3) is 0 Å². The molecule has 2 aromatic rings. The third-order valence-corrected chi connectivity index (χ3v) is 4.83. The Kier molecular flexibility index (Phi) is 3.88.